The van der Waals surface area contributed by atoms with Gasteiger partial charge < -0.3 is 5.73 Å². The van der Waals surface area contributed by atoms with Crippen LogP contribution in [0, 0.1) is 11.5 Å². The summed E-state index contributed by atoms with van der Waals surface area (Å²) in [5.74, 6) is 0. The summed E-state index contributed by atoms with van der Waals surface area (Å²) in [6.45, 7) is 4.87. The summed E-state index contributed by atoms with van der Waals surface area (Å²) in [4.78, 5) is 10.6. The van der Waals surface area contributed by atoms with Gasteiger partial charge in [-0.3, -0.25) is 0 Å². The number of nitrogens with zero attached hydrogens (tertiary/aromatic N) is 3. The molecule has 62 valence electrons. The largest absolute Gasteiger partial charge is 0.349 e. The van der Waals surface area contributed by atoms with Crippen molar-refractivity contribution in [2.75, 3.05) is 13.1 Å². The fourth-order valence-electron chi connectivity index (χ4n) is 0.758. The summed E-state index contributed by atoms with van der Waals surface area (Å²) in [5, 5.41) is 10.9. The first-order chi connectivity index (χ1) is 5.17. The lowest BCUT2D eigenvalue weighted by Gasteiger charge is -2.24. The maximum atomic E-state index is 10.6. The Morgan fingerprint density at radius 3 is 2.09 bits per heavy atom. The highest BCUT2D eigenvalue weighted by Gasteiger charge is 2.14. The molecule has 0 saturated heterocycles. The number of urea groups is 1. The maximum Gasteiger partial charge on any atom is 0.343 e. The van der Waals surface area contributed by atoms with Crippen LogP contribution in [0.25, 0.3) is 0 Å². The molecular weight excluding hydrogens is 144 g/mol. The van der Waals surface area contributed by atoms with E-state index in [9.17, 15) is 4.79 Å². The number of rotatable bonds is 3. The molecule has 0 aromatic heterocycles. The second kappa shape index (κ2) is 4.52. The van der Waals surface area contributed by atoms with Gasteiger partial charge in [0.1, 0.15) is 0 Å². The number of nitrogens with two attached hydrogens (primary N) is 1. The Balaban J connectivity index is 4.24. The minimum Gasteiger partial charge on any atom is -0.349 e. The molecule has 0 bridgehead atoms. The van der Waals surface area contributed by atoms with E-state index in [1.807, 2.05) is 13.8 Å². The van der Waals surface area contributed by atoms with Gasteiger partial charge in [-0.15, -0.1) is 0 Å². The number of amides is 2. The lowest BCUT2D eigenvalue weighted by molar-refractivity contribution is 0.0776. The predicted molar refractivity (Wildman–Crippen MR) is 40.0 cm³/mol. The molecule has 0 rings (SSSR count). The number of hydrogen-bond acceptors (Lipinski definition) is 3. The fraction of sp³-hybridized carbons (Fsp3) is 0.667. The Morgan fingerprint density at radius 2 is 2.00 bits per heavy atom. The van der Waals surface area contributed by atoms with E-state index in [0.717, 1.165) is 5.01 Å². The molecule has 0 spiro atoms. The second-order valence-corrected chi connectivity index (χ2v) is 1.89. The van der Waals surface area contributed by atoms with E-state index in [1.165, 1.54) is 0 Å². The molecule has 0 atom stereocenters. The molecule has 11 heavy (non-hydrogen) atoms. The Kier molecular flexibility index (Phi) is 4.00. The van der Waals surface area contributed by atoms with E-state index in [1.54, 1.807) is 11.2 Å². The quantitative estimate of drug-likeness (QED) is 0.358. The molecule has 0 aliphatic heterocycles. The second-order valence-electron chi connectivity index (χ2n) is 1.89. The number of nitriles is 1. The van der Waals surface area contributed by atoms with E-state index in [2.05, 4.69) is 0 Å². The lowest BCUT2D eigenvalue weighted by Crippen LogP contribution is -2.45. The Morgan fingerprint density at radius 1 is 1.55 bits per heavy atom. The maximum absolute atomic E-state index is 10.6. The summed E-state index contributed by atoms with van der Waals surface area (Å²) >= 11 is 0. The van der Waals surface area contributed by atoms with Crippen molar-refractivity contribution in [3.05, 3.63) is 0 Å². The van der Waals surface area contributed by atoms with E-state index >= 15 is 0 Å². The van der Waals surface area contributed by atoms with Gasteiger partial charge in [-0.25, -0.2) is 9.80 Å². The van der Waals surface area contributed by atoms with Crippen molar-refractivity contribution in [3.8, 4) is 6.19 Å². The van der Waals surface area contributed by atoms with Gasteiger partial charge >= 0.3 is 6.03 Å². The Bertz CT molecular complexity index is 170. The van der Waals surface area contributed by atoms with Gasteiger partial charge in [-0.1, -0.05) is 13.8 Å². The molecule has 0 heterocycles. The number of carbonyl (C=O) groups is 1. The van der Waals surface area contributed by atoms with Crippen molar-refractivity contribution in [1.29, 1.82) is 5.26 Å². The molecule has 0 fully saturated rings. The van der Waals surface area contributed by atoms with Gasteiger partial charge in [0.05, 0.1) is 0 Å². The zero-order valence-corrected chi connectivity index (χ0v) is 6.74. The van der Waals surface area contributed by atoms with Gasteiger partial charge in [0.15, 0.2) is 0 Å². The Hall–Kier alpha value is -1.28. The van der Waals surface area contributed by atoms with Crippen molar-refractivity contribution in [1.82, 2.24) is 10.0 Å². The Labute approximate surface area is 65.9 Å². The number of primary amides is 1. The molecule has 0 aliphatic rings. The van der Waals surface area contributed by atoms with Crippen molar-refractivity contribution in [3.63, 3.8) is 0 Å². The summed E-state index contributed by atoms with van der Waals surface area (Å²) in [5.41, 5.74) is 4.92. The zero-order valence-electron chi connectivity index (χ0n) is 6.74. The monoisotopic (exact) mass is 156 g/mol. The first kappa shape index (κ1) is 9.72. The first-order valence-electron chi connectivity index (χ1n) is 3.41. The van der Waals surface area contributed by atoms with Crippen LogP contribution >= 0.6 is 0 Å². The van der Waals surface area contributed by atoms with Crippen LogP contribution in [0.2, 0.25) is 0 Å². The summed E-state index contributed by atoms with van der Waals surface area (Å²) in [7, 11) is 0. The highest BCUT2D eigenvalue weighted by Crippen LogP contribution is 1.94. The summed E-state index contributed by atoms with van der Waals surface area (Å²) < 4.78 is 0. The molecule has 0 aromatic carbocycles. The SMILES string of the molecule is CCN(CC)N(C#N)C(N)=O. The van der Waals surface area contributed by atoms with Crippen LogP contribution in [0.3, 0.4) is 0 Å². The number of hydrogen-bond donors (Lipinski definition) is 1. The van der Waals surface area contributed by atoms with Gasteiger partial charge in [-0.05, 0) is 0 Å². The first-order valence-corrected chi connectivity index (χ1v) is 3.41. The molecule has 0 aliphatic carbocycles. The molecule has 0 aromatic rings. The van der Waals surface area contributed by atoms with Crippen molar-refractivity contribution in [2.24, 2.45) is 5.73 Å². The van der Waals surface area contributed by atoms with Crippen LogP contribution in [0.5, 0.6) is 0 Å². The number of carbonyl (C=O) groups excluding carboxylic acids is 1. The molecule has 5 heteroatoms. The average molecular weight is 156 g/mol. The van der Waals surface area contributed by atoms with Crippen LogP contribution in [-0.2, 0) is 0 Å². The topological polar surface area (TPSA) is 73.4 Å². The van der Waals surface area contributed by atoms with E-state index < -0.39 is 6.03 Å². The fourth-order valence-corrected chi connectivity index (χ4v) is 0.758. The molecule has 2 N–H and O–H groups in total. The van der Waals surface area contributed by atoms with E-state index in [-0.39, 0.29) is 0 Å². The van der Waals surface area contributed by atoms with Gasteiger partial charge in [0.25, 0.3) is 0 Å². The van der Waals surface area contributed by atoms with Crippen LogP contribution in [-0.4, -0.2) is 29.1 Å². The molecule has 0 saturated carbocycles. The third-order valence-electron chi connectivity index (χ3n) is 1.32. The third kappa shape index (κ3) is 2.43. The number of hydrazine groups is 1. The molecule has 0 unspecified atom stereocenters. The van der Waals surface area contributed by atoms with Crippen LogP contribution in [0.15, 0.2) is 0 Å². The normalized spacial score (nSPS) is 9.27. The third-order valence-corrected chi connectivity index (χ3v) is 1.32. The van der Waals surface area contributed by atoms with E-state index in [4.69, 9.17) is 11.0 Å². The molecule has 0 radical (unpaired) electrons. The highest BCUT2D eigenvalue weighted by molar-refractivity contribution is 5.72. The van der Waals surface area contributed by atoms with Gasteiger partial charge in [0.2, 0.25) is 6.19 Å². The minimum absolute atomic E-state index is 0.590. The zero-order chi connectivity index (χ0) is 8.85. The van der Waals surface area contributed by atoms with Crippen molar-refractivity contribution >= 4 is 6.03 Å². The molecule has 2 amide bonds. The lowest BCUT2D eigenvalue weighted by atomic mass is 10.6. The smallest absolute Gasteiger partial charge is 0.343 e. The van der Waals surface area contributed by atoms with Crippen LogP contribution in [0.1, 0.15) is 13.8 Å². The minimum atomic E-state index is -0.740. The predicted octanol–water partition coefficient (Wildman–Crippen LogP) is 0.105. The van der Waals surface area contributed by atoms with Gasteiger partial charge in [-0.2, -0.15) is 10.3 Å². The average Bonchev–Trinajstić information content (AvgIpc) is 1.99. The standard InChI is InChI=1S/C6H12N4O/c1-3-9(4-2)10(5-7)6(8)11/h3-4H2,1-2H3,(H2,8,11). The van der Waals surface area contributed by atoms with Crippen molar-refractivity contribution < 1.29 is 4.79 Å². The molecule has 5 nitrogen and oxygen atoms in total. The van der Waals surface area contributed by atoms with Crippen LogP contribution < -0.4 is 5.73 Å². The molecular formula is C6H12N4O. The summed E-state index contributed by atoms with van der Waals surface area (Å²) in [6, 6.07) is -0.740. The van der Waals surface area contributed by atoms with E-state index in [0.29, 0.717) is 13.1 Å². The highest BCUT2D eigenvalue weighted by atomic mass is 16.2. The van der Waals surface area contributed by atoms with Crippen molar-refractivity contribution in [2.45, 2.75) is 13.8 Å². The van der Waals surface area contributed by atoms with Gasteiger partial charge in [0, 0.05) is 13.1 Å². The summed E-state index contributed by atoms with van der Waals surface area (Å²) in [6.07, 6.45) is 1.69. The van der Waals surface area contributed by atoms with Crippen LogP contribution in [0.4, 0.5) is 4.79 Å².